The fourth-order valence-corrected chi connectivity index (χ4v) is 1.13. The van der Waals surface area contributed by atoms with Crippen molar-refractivity contribution in [2.75, 3.05) is 0 Å². The van der Waals surface area contributed by atoms with Crippen molar-refractivity contribution in [3.8, 4) is 0 Å². The van der Waals surface area contributed by atoms with Crippen LogP contribution in [0, 0.1) is 6.92 Å². The van der Waals surface area contributed by atoms with Crippen LogP contribution < -0.4 is 0 Å². The molecule has 1 aromatic rings. The fraction of sp³-hybridized carbons (Fsp3) is 0.714. The van der Waals surface area contributed by atoms with Gasteiger partial charge in [0.05, 0.1) is 0 Å². The Bertz CT molecular complexity index is 172. The van der Waals surface area contributed by atoms with Gasteiger partial charge in [-0.05, 0) is 13.3 Å². The smallest absolute Gasteiger partial charge is 0.117 e. The second-order valence-corrected chi connectivity index (χ2v) is 2.83. The third-order valence-electron chi connectivity index (χ3n) is 0.870. The topological polar surface area (TPSA) is 25.8 Å². The van der Waals surface area contributed by atoms with Crippen molar-refractivity contribution in [1.29, 1.82) is 0 Å². The van der Waals surface area contributed by atoms with Gasteiger partial charge >= 0.3 is 0 Å². The average Bonchev–Trinajstić information content (AvgIpc) is 2.40. The van der Waals surface area contributed by atoms with Gasteiger partial charge in [-0.25, -0.2) is 0 Å². The Labute approximate surface area is 66.3 Å². The van der Waals surface area contributed by atoms with Crippen molar-refractivity contribution in [3.63, 3.8) is 0 Å². The van der Waals surface area contributed by atoms with Gasteiger partial charge < -0.3 is 0 Å². The Kier molecular flexibility index (Phi) is 5.12. The molecule has 0 aliphatic carbocycles. The summed E-state index contributed by atoms with van der Waals surface area (Å²) in [6, 6.07) is 0. The largest absolute Gasteiger partial charge is 0.144 e. The Morgan fingerprint density at radius 3 is 2.10 bits per heavy atom. The minimum Gasteiger partial charge on any atom is -0.144 e. The first-order valence-corrected chi connectivity index (χ1v) is 4.43. The minimum atomic E-state index is 1.01. The Morgan fingerprint density at radius 1 is 1.30 bits per heavy atom. The lowest BCUT2D eigenvalue weighted by atomic mass is 10.5. The van der Waals surface area contributed by atoms with Crippen LogP contribution in [0.5, 0.6) is 0 Å². The molecule has 0 radical (unpaired) electrons. The van der Waals surface area contributed by atoms with Crippen LogP contribution in [0.4, 0.5) is 0 Å². The van der Waals surface area contributed by atoms with Gasteiger partial charge in [0.2, 0.25) is 0 Å². The van der Waals surface area contributed by atoms with E-state index in [1.165, 1.54) is 0 Å². The summed E-state index contributed by atoms with van der Waals surface area (Å²) in [5, 5.41) is 9.94. The van der Waals surface area contributed by atoms with Crippen LogP contribution >= 0.6 is 11.3 Å². The van der Waals surface area contributed by atoms with E-state index in [0.29, 0.717) is 0 Å². The molecule has 0 amide bonds. The highest BCUT2D eigenvalue weighted by Gasteiger charge is 1.93. The van der Waals surface area contributed by atoms with E-state index in [-0.39, 0.29) is 0 Å². The summed E-state index contributed by atoms with van der Waals surface area (Å²) in [4.78, 5) is 0. The number of nitrogens with zero attached hydrogens (tertiary/aromatic N) is 2. The highest BCUT2D eigenvalue weighted by Crippen LogP contribution is 2.06. The lowest BCUT2D eigenvalue weighted by molar-refractivity contribution is 0.966. The predicted octanol–water partition coefficient (Wildman–Crippen LogP) is 2.44. The van der Waals surface area contributed by atoms with E-state index in [0.717, 1.165) is 16.4 Å². The second kappa shape index (κ2) is 5.35. The number of hydrogen-bond donors (Lipinski definition) is 0. The average molecular weight is 158 g/mol. The number of aryl methyl sites for hydroxylation is 2. The summed E-state index contributed by atoms with van der Waals surface area (Å²) in [5.41, 5.74) is 0. The van der Waals surface area contributed by atoms with Gasteiger partial charge in [0.15, 0.2) is 0 Å². The molecule has 0 fully saturated rings. The molecule has 2 nitrogen and oxygen atoms in total. The maximum atomic E-state index is 3.90. The van der Waals surface area contributed by atoms with E-state index >= 15 is 0 Å². The van der Waals surface area contributed by atoms with Crippen LogP contribution in [0.15, 0.2) is 0 Å². The van der Waals surface area contributed by atoms with Crippen molar-refractivity contribution in [1.82, 2.24) is 10.2 Å². The summed E-state index contributed by atoms with van der Waals surface area (Å²) in [5.74, 6) is 0. The molecule has 10 heavy (non-hydrogen) atoms. The molecule has 0 N–H and O–H groups in total. The third-order valence-corrected chi connectivity index (χ3v) is 1.85. The molecule has 0 aliphatic heterocycles. The van der Waals surface area contributed by atoms with E-state index in [1.54, 1.807) is 11.3 Å². The van der Waals surface area contributed by atoms with Crippen LogP contribution in [0.1, 0.15) is 30.8 Å². The monoisotopic (exact) mass is 158 g/mol. The Balaban J connectivity index is 0.000000371. The molecule has 0 aromatic carbocycles. The quantitative estimate of drug-likeness (QED) is 0.627. The molecule has 0 bridgehead atoms. The normalized spacial score (nSPS) is 8.40. The summed E-state index contributed by atoms with van der Waals surface area (Å²) in [6.45, 7) is 8.05. The second-order valence-electron chi connectivity index (χ2n) is 1.57. The van der Waals surface area contributed by atoms with E-state index < -0.39 is 0 Å². The van der Waals surface area contributed by atoms with Crippen LogP contribution in [-0.4, -0.2) is 10.2 Å². The van der Waals surface area contributed by atoms with Gasteiger partial charge in [-0.2, -0.15) is 0 Å². The van der Waals surface area contributed by atoms with Crippen LogP contribution in [0.3, 0.4) is 0 Å². The predicted molar refractivity (Wildman–Crippen MR) is 45.4 cm³/mol. The van der Waals surface area contributed by atoms with Crippen molar-refractivity contribution >= 4 is 11.3 Å². The van der Waals surface area contributed by atoms with E-state index in [4.69, 9.17) is 0 Å². The summed E-state index contributed by atoms with van der Waals surface area (Å²) in [7, 11) is 0. The molecule has 3 heteroatoms. The SMILES string of the molecule is CC.CCc1nnc(C)s1. The Hall–Kier alpha value is -0.440. The fourth-order valence-electron chi connectivity index (χ4n) is 0.480. The highest BCUT2D eigenvalue weighted by atomic mass is 32.1. The standard InChI is InChI=1S/C5H8N2S.C2H6/c1-3-5-7-6-4(2)8-5;1-2/h3H2,1-2H3;1-2H3. The van der Waals surface area contributed by atoms with E-state index in [1.807, 2.05) is 20.8 Å². The first kappa shape index (κ1) is 9.56. The molecule has 0 atom stereocenters. The zero-order valence-electron chi connectivity index (χ0n) is 7.01. The van der Waals surface area contributed by atoms with Gasteiger partial charge in [-0.3, -0.25) is 0 Å². The maximum Gasteiger partial charge on any atom is 0.117 e. The molecule has 1 aromatic heterocycles. The molecule has 1 heterocycles. The Morgan fingerprint density at radius 2 is 1.90 bits per heavy atom. The first-order valence-electron chi connectivity index (χ1n) is 3.62. The van der Waals surface area contributed by atoms with Crippen LogP contribution in [0.25, 0.3) is 0 Å². The summed E-state index contributed by atoms with van der Waals surface area (Å²) in [6.07, 6.45) is 1.01. The maximum absolute atomic E-state index is 3.90. The van der Waals surface area contributed by atoms with Crippen molar-refractivity contribution in [2.24, 2.45) is 0 Å². The number of hydrogen-bond acceptors (Lipinski definition) is 3. The molecule has 0 saturated heterocycles. The van der Waals surface area contributed by atoms with Gasteiger partial charge in [0, 0.05) is 0 Å². The van der Waals surface area contributed by atoms with Gasteiger partial charge in [0.1, 0.15) is 10.0 Å². The zero-order valence-corrected chi connectivity index (χ0v) is 7.83. The third kappa shape index (κ3) is 2.92. The lowest BCUT2D eigenvalue weighted by Crippen LogP contribution is -1.74. The van der Waals surface area contributed by atoms with E-state index in [2.05, 4.69) is 17.1 Å². The van der Waals surface area contributed by atoms with Gasteiger partial charge in [-0.15, -0.1) is 21.5 Å². The molecular formula is C7H14N2S. The molecule has 0 unspecified atom stereocenters. The molecular weight excluding hydrogens is 144 g/mol. The highest BCUT2D eigenvalue weighted by molar-refractivity contribution is 7.11. The van der Waals surface area contributed by atoms with Crippen molar-refractivity contribution in [2.45, 2.75) is 34.1 Å². The molecule has 0 aliphatic rings. The molecule has 0 saturated carbocycles. The van der Waals surface area contributed by atoms with Gasteiger partial charge in [0.25, 0.3) is 0 Å². The minimum absolute atomic E-state index is 1.01. The van der Waals surface area contributed by atoms with E-state index in [9.17, 15) is 0 Å². The number of aromatic nitrogens is 2. The lowest BCUT2D eigenvalue weighted by Gasteiger charge is -1.75. The molecule has 58 valence electrons. The summed E-state index contributed by atoms with van der Waals surface area (Å²) < 4.78 is 0. The van der Waals surface area contributed by atoms with Crippen LogP contribution in [-0.2, 0) is 6.42 Å². The van der Waals surface area contributed by atoms with Crippen molar-refractivity contribution in [3.05, 3.63) is 10.0 Å². The van der Waals surface area contributed by atoms with Crippen molar-refractivity contribution < 1.29 is 0 Å². The first-order chi connectivity index (χ1) is 4.83. The van der Waals surface area contributed by atoms with Crippen LogP contribution in [0.2, 0.25) is 0 Å². The van der Waals surface area contributed by atoms with Gasteiger partial charge in [-0.1, -0.05) is 20.8 Å². The molecule has 1 rings (SSSR count). The number of rotatable bonds is 1. The molecule has 0 spiro atoms. The summed E-state index contributed by atoms with van der Waals surface area (Å²) >= 11 is 1.67. The zero-order chi connectivity index (χ0) is 7.98.